The molecule has 0 aliphatic rings. The van der Waals surface area contributed by atoms with Crippen molar-refractivity contribution in [3.05, 3.63) is 122 Å². The van der Waals surface area contributed by atoms with Gasteiger partial charge in [-0.2, -0.15) is 0 Å². The van der Waals surface area contributed by atoms with Crippen LogP contribution in [0.2, 0.25) is 0 Å². The molecular formula is C73H128N2O7P+. The predicted molar refractivity (Wildman–Crippen MR) is 360 cm³/mol. The largest absolute Gasteiger partial charge is 0.472 e. The number of amides is 1. The molecule has 1 amide bonds. The molecule has 0 rings (SSSR count). The molecule has 3 unspecified atom stereocenters. The van der Waals surface area contributed by atoms with Crippen LogP contribution < -0.4 is 5.32 Å². The van der Waals surface area contributed by atoms with E-state index in [1.807, 2.05) is 33.3 Å². The molecule has 0 aliphatic heterocycles. The van der Waals surface area contributed by atoms with E-state index in [9.17, 15) is 19.0 Å². The number of esters is 1. The van der Waals surface area contributed by atoms with Gasteiger partial charge in [0.05, 0.1) is 33.8 Å². The first kappa shape index (κ1) is 79.4. The fraction of sp³-hybridized carbons (Fsp3) is 0.699. The molecule has 0 saturated heterocycles. The minimum Gasteiger partial charge on any atom is -0.456 e. The SMILES string of the molecule is CC/C=C\C/C=C\C/C=C\C/C=C\C/C=C\CCCCCCCCCC(=O)OC(/C=C/CCCCCCCCCCC)C(COP(=O)(O)OCC[N+](C)(C)C)NC(=O)CCCCCCCCC/C=C\C/C=C\C/C=C\C/C=C\CCCCC. The highest BCUT2D eigenvalue weighted by Gasteiger charge is 2.30. The first-order chi connectivity index (χ1) is 40.4. The molecule has 9 nitrogen and oxygen atoms in total. The fourth-order valence-corrected chi connectivity index (χ4v) is 9.92. The van der Waals surface area contributed by atoms with Crippen molar-refractivity contribution < 1.29 is 37.3 Å². The van der Waals surface area contributed by atoms with Crippen molar-refractivity contribution in [3.8, 4) is 0 Å². The third-order valence-electron chi connectivity index (χ3n) is 14.4. The number of nitrogens with one attached hydrogen (secondary N) is 1. The molecule has 0 aliphatic carbocycles. The van der Waals surface area contributed by atoms with E-state index in [2.05, 4.69) is 135 Å². The summed E-state index contributed by atoms with van der Waals surface area (Å²) >= 11 is 0. The standard InChI is InChI=1S/C73H127N2O7P/c1-7-10-13-16-19-22-25-27-29-31-33-35-37-39-41-43-45-47-50-53-56-59-62-65-72(76)74-70(69-81-83(78,79)80-68-67-75(4,5)6)71(64-61-58-55-52-49-24-21-18-15-12-9-3)82-73(77)66-63-60-57-54-51-48-46-44-42-40-38-36-34-32-30-28-26-23-20-17-14-11-8-2/h11,14,19-20,22-23,27-30,33-36,39-42,61,64,70-71H,7-10,12-13,15-18,21,24-26,31-32,37-38,43-60,62-63,65-69H2,1-6H3,(H-,74,76,78,79)/p+1/b14-11-,22-19-,23-20-,29-27-,30-28-,35-33-,36-34-,41-39-,42-40-,64-61+. The first-order valence-corrected chi connectivity index (χ1v) is 35.4. The van der Waals surface area contributed by atoms with Crippen molar-refractivity contribution >= 4 is 19.7 Å². The second-order valence-corrected chi connectivity index (χ2v) is 25.1. The van der Waals surface area contributed by atoms with E-state index in [1.54, 1.807) is 0 Å². The molecule has 2 N–H and O–H groups in total. The number of rotatable bonds is 60. The molecule has 0 bridgehead atoms. The molecule has 476 valence electrons. The highest BCUT2D eigenvalue weighted by atomic mass is 31.2. The van der Waals surface area contributed by atoms with Crippen molar-refractivity contribution in [3.63, 3.8) is 0 Å². The molecule has 0 aromatic rings. The lowest BCUT2D eigenvalue weighted by Crippen LogP contribution is -2.47. The van der Waals surface area contributed by atoms with Crippen LogP contribution in [0, 0.1) is 0 Å². The molecule has 0 fully saturated rings. The number of carbonyl (C=O) groups is 2. The van der Waals surface area contributed by atoms with Crippen molar-refractivity contribution in [1.29, 1.82) is 0 Å². The Kier molecular flexibility index (Phi) is 58.8. The maximum atomic E-state index is 13.6. The van der Waals surface area contributed by atoms with Crippen LogP contribution in [-0.4, -0.2) is 74.3 Å². The summed E-state index contributed by atoms with van der Waals surface area (Å²) in [6.45, 7) is 6.85. The lowest BCUT2D eigenvalue weighted by atomic mass is 10.1. The lowest BCUT2D eigenvalue weighted by molar-refractivity contribution is -0.870. The van der Waals surface area contributed by atoms with Gasteiger partial charge >= 0.3 is 13.8 Å². The Morgan fingerprint density at radius 2 is 0.771 bits per heavy atom. The molecule has 0 aromatic carbocycles. The Morgan fingerprint density at radius 3 is 1.18 bits per heavy atom. The van der Waals surface area contributed by atoms with Gasteiger partial charge in [0.25, 0.3) is 0 Å². The second-order valence-electron chi connectivity index (χ2n) is 23.6. The topological polar surface area (TPSA) is 111 Å². The number of phosphoric acid groups is 1. The van der Waals surface area contributed by atoms with Crippen LogP contribution in [0.5, 0.6) is 0 Å². The van der Waals surface area contributed by atoms with Gasteiger partial charge in [0.15, 0.2) is 0 Å². The zero-order valence-electron chi connectivity index (χ0n) is 54.4. The van der Waals surface area contributed by atoms with Crippen LogP contribution in [0.15, 0.2) is 122 Å². The fourth-order valence-electron chi connectivity index (χ4n) is 9.19. The Morgan fingerprint density at radius 1 is 0.434 bits per heavy atom. The Hall–Kier alpha value is -3.59. The smallest absolute Gasteiger partial charge is 0.456 e. The van der Waals surface area contributed by atoms with Crippen LogP contribution in [0.1, 0.15) is 278 Å². The number of hydrogen-bond acceptors (Lipinski definition) is 6. The van der Waals surface area contributed by atoms with Gasteiger partial charge in [-0.25, -0.2) is 4.57 Å². The quantitative estimate of drug-likeness (QED) is 0.0205. The molecule has 0 aromatic heterocycles. The summed E-state index contributed by atoms with van der Waals surface area (Å²) in [5.41, 5.74) is 0. The number of carbonyl (C=O) groups excluding carboxylic acids is 2. The third-order valence-corrected chi connectivity index (χ3v) is 15.4. The van der Waals surface area contributed by atoms with Crippen LogP contribution >= 0.6 is 7.82 Å². The van der Waals surface area contributed by atoms with Crippen molar-refractivity contribution in [2.24, 2.45) is 0 Å². The van der Waals surface area contributed by atoms with Gasteiger partial charge in [0, 0.05) is 12.8 Å². The molecule has 3 atom stereocenters. The minimum atomic E-state index is -4.47. The average molecular weight is 1180 g/mol. The van der Waals surface area contributed by atoms with E-state index < -0.39 is 20.0 Å². The zero-order valence-corrected chi connectivity index (χ0v) is 55.3. The van der Waals surface area contributed by atoms with Gasteiger partial charge < -0.3 is 19.4 Å². The maximum Gasteiger partial charge on any atom is 0.472 e. The summed E-state index contributed by atoms with van der Waals surface area (Å²) in [4.78, 5) is 37.8. The molecule has 0 radical (unpaired) electrons. The monoisotopic (exact) mass is 1180 g/mol. The number of hydrogen-bond donors (Lipinski definition) is 2. The van der Waals surface area contributed by atoms with Gasteiger partial charge in [-0.3, -0.25) is 18.6 Å². The second kappa shape index (κ2) is 61.5. The number of nitrogens with zero attached hydrogens (tertiary/aromatic N) is 1. The van der Waals surface area contributed by atoms with Crippen LogP contribution in [0.3, 0.4) is 0 Å². The maximum absolute atomic E-state index is 13.6. The third kappa shape index (κ3) is 62.8. The van der Waals surface area contributed by atoms with Crippen LogP contribution in [0.4, 0.5) is 0 Å². The average Bonchev–Trinajstić information content (AvgIpc) is 3.51. The molecule has 0 heterocycles. The summed E-state index contributed by atoms with van der Waals surface area (Å²) in [5, 5.41) is 3.05. The number of likely N-dealkylation sites (N-methyl/N-ethyl adjacent to an activating group) is 1. The van der Waals surface area contributed by atoms with E-state index in [1.165, 1.54) is 109 Å². The lowest BCUT2D eigenvalue weighted by Gasteiger charge is -2.27. The van der Waals surface area contributed by atoms with Gasteiger partial charge in [0.2, 0.25) is 5.91 Å². The first-order valence-electron chi connectivity index (χ1n) is 33.9. The molecule has 83 heavy (non-hydrogen) atoms. The Balaban J connectivity index is 5.16. The Labute approximate surface area is 512 Å². The van der Waals surface area contributed by atoms with E-state index in [0.717, 1.165) is 135 Å². The predicted octanol–water partition coefficient (Wildman–Crippen LogP) is 21.4. The molecular weight excluding hydrogens is 1050 g/mol. The van der Waals surface area contributed by atoms with E-state index in [4.69, 9.17) is 13.8 Å². The van der Waals surface area contributed by atoms with E-state index >= 15 is 0 Å². The van der Waals surface area contributed by atoms with Crippen molar-refractivity contribution in [1.82, 2.24) is 5.32 Å². The highest BCUT2D eigenvalue weighted by Crippen LogP contribution is 2.43. The summed E-state index contributed by atoms with van der Waals surface area (Å²) in [6, 6.07) is -0.868. The summed E-state index contributed by atoms with van der Waals surface area (Å²) in [5.74, 6) is -0.535. The number of phosphoric ester groups is 1. The van der Waals surface area contributed by atoms with Crippen molar-refractivity contribution in [2.45, 2.75) is 290 Å². The molecule has 0 saturated carbocycles. The summed E-state index contributed by atoms with van der Waals surface area (Å²) in [6.07, 6.45) is 86.3. The van der Waals surface area contributed by atoms with Gasteiger partial charge in [0.1, 0.15) is 19.3 Å². The summed E-state index contributed by atoms with van der Waals surface area (Å²) in [7, 11) is 1.47. The van der Waals surface area contributed by atoms with Crippen LogP contribution in [-0.2, 0) is 27.9 Å². The minimum absolute atomic E-state index is 0.0296. The highest BCUT2D eigenvalue weighted by molar-refractivity contribution is 7.47. The summed E-state index contributed by atoms with van der Waals surface area (Å²) < 4.78 is 30.8. The number of unbranched alkanes of at least 4 members (excludes halogenated alkanes) is 26. The van der Waals surface area contributed by atoms with Crippen molar-refractivity contribution in [2.75, 3.05) is 40.9 Å². The molecule has 10 heteroatoms. The Bertz CT molecular complexity index is 1830. The van der Waals surface area contributed by atoms with E-state index in [0.29, 0.717) is 17.4 Å². The number of ether oxygens (including phenoxy) is 1. The van der Waals surface area contributed by atoms with E-state index in [-0.39, 0.29) is 31.5 Å². The molecule has 0 spiro atoms. The van der Waals surface area contributed by atoms with Crippen LogP contribution in [0.25, 0.3) is 0 Å². The van der Waals surface area contributed by atoms with Gasteiger partial charge in [-0.15, -0.1) is 0 Å². The van der Waals surface area contributed by atoms with Gasteiger partial charge in [-0.1, -0.05) is 265 Å². The van der Waals surface area contributed by atoms with Gasteiger partial charge in [-0.05, 0) is 122 Å². The normalized spacial score (nSPS) is 14.3. The number of allylic oxidation sites excluding steroid dienone is 19. The number of quaternary nitrogens is 1. The zero-order chi connectivity index (χ0) is 60.7.